The molecule has 78 valence electrons. The van der Waals surface area contributed by atoms with Crippen LogP contribution in [0.5, 0.6) is 0 Å². The van der Waals surface area contributed by atoms with Crippen LogP contribution in [0.3, 0.4) is 0 Å². The summed E-state index contributed by atoms with van der Waals surface area (Å²) in [5, 5.41) is -0.568. The van der Waals surface area contributed by atoms with Crippen molar-refractivity contribution in [3.63, 3.8) is 0 Å². The summed E-state index contributed by atoms with van der Waals surface area (Å²) in [4.78, 5) is 0. The Morgan fingerprint density at radius 2 is 2.07 bits per heavy atom. The van der Waals surface area contributed by atoms with E-state index in [9.17, 15) is 12.8 Å². The number of alkyl halides is 1. The van der Waals surface area contributed by atoms with Crippen molar-refractivity contribution in [1.29, 1.82) is 0 Å². The topological polar surface area (TPSA) is 46.2 Å². The number of anilines is 1. The highest BCUT2D eigenvalue weighted by Gasteiger charge is 2.08. The molecule has 0 unspecified atom stereocenters. The van der Waals surface area contributed by atoms with Crippen LogP contribution in [0.4, 0.5) is 10.1 Å². The molecule has 1 N–H and O–H groups in total. The van der Waals surface area contributed by atoms with Gasteiger partial charge in [-0.25, -0.2) is 12.8 Å². The van der Waals surface area contributed by atoms with Gasteiger partial charge in [0, 0.05) is 4.47 Å². The highest BCUT2D eigenvalue weighted by Crippen LogP contribution is 2.19. The maximum absolute atomic E-state index is 12.8. The first kappa shape index (κ1) is 11.7. The summed E-state index contributed by atoms with van der Waals surface area (Å²) in [6, 6.07) is 3.72. The molecule has 0 saturated heterocycles. The van der Waals surface area contributed by atoms with E-state index in [1.54, 1.807) is 0 Å². The Balaban J connectivity index is 2.98. The Kier molecular flexibility index (Phi) is 3.74. The van der Waals surface area contributed by atoms with Crippen molar-refractivity contribution < 1.29 is 12.8 Å². The van der Waals surface area contributed by atoms with Crippen molar-refractivity contribution in [3.8, 4) is 0 Å². The molecule has 0 aromatic heterocycles. The average Bonchev–Trinajstić information content (AvgIpc) is 2.01. The van der Waals surface area contributed by atoms with Crippen LogP contribution in [0.25, 0.3) is 0 Å². The lowest BCUT2D eigenvalue weighted by Gasteiger charge is -2.05. The summed E-state index contributed by atoms with van der Waals surface area (Å²) in [5.41, 5.74) is 0.137. The summed E-state index contributed by atoms with van der Waals surface area (Å²) in [6.45, 7) is 0. The zero-order valence-corrected chi connectivity index (χ0v) is 9.96. The lowest BCUT2D eigenvalue weighted by atomic mass is 10.3. The van der Waals surface area contributed by atoms with Crippen molar-refractivity contribution >= 4 is 43.2 Å². The Hall–Kier alpha value is -0.330. The van der Waals surface area contributed by atoms with Crippen LogP contribution in [-0.2, 0) is 10.0 Å². The standard InChI is InChI=1S/C7H6BrClFNO2S/c8-5-1-6(10)3-7(2-5)11-14(12,13)4-9/h1-3,11H,4H2. The molecule has 3 nitrogen and oxygen atoms in total. The molecule has 14 heavy (non-hydrogen) atoms. The minimum absolute atomic E-state index is 0.137. The van der Waals surface area contributed by atoms with Crippen LogP contribution in [-0.4, -0.2) is 13.6 Å². The lowest BCUT2D eigenvalue weighted by Crippen LogP contribution is -2.13. The van der Waals surface area contributed by atoms with Crippen molar-refractivity contribution in [1.82, 2.24) is 0 Å². The molecule has 0 radical (unpaired) electrons. The molecule has 0 bridgehead atoms. The van der Waals surface area contributed by atoms with E-state index in [1.165, 1.54) is 12.1 Å². The number of hydrogen-bond acceptors (Lipinski definition) is 2. The lowest BCUT2D eigenvalue weighted by molar-refractivity contribution is 0.605. The van der Waals surface area contributed by atoms with Crippen LogP contribution in [0.2, 0.25) is 0 Å². The van der Waals surface area contributed by atoms with E-state index < -0.39 is 21.1 Å². The minimum Gasteiger partial charge on any atom is -0.282 e. The molecule has 1 aromatic carbocycles. The second-order valence-electron chi connectivity index (χ2n) is 2.48. The summed E-state index contributed by atoms with van der Waals surface area (Å²) < 4.78 is 37.4. The zero-order chi connectivity index (χ0) is 10.8. The third-order valence-electron chi connectivity index (χ3n) is 1.28. The second-order valence-corrected chi connectivity index (χ2v) is 5.71. The van der Waals surface area contributed by atoms with E-state index in [1.807, 2.05) is 0 Å². The van der Waals surface area contributed by atoms with Gasteiger partial charge in [-0.1, -0.05) is 15.9 Å². The first-order valence-electron chi connectivity index (χ1n) is 3.45. The van der Waals surface area contributed by atoms with Gasteiger partial charge in [0.05, 0.1) is 5.69 Å². The molecule has 0 aliphatic carbocycles. The van der Waals surface area contributed by atoms with E-state index in [-0.39, 0.29) is 5.69 Å². The van der Waals surface area contributed by atoms with Gasteiger partial charge in [-0.05, 0) is 18.2 Å². The van der Waals surface area contributed by atoms with Crippen molar-refractivity contribution in [2.75, 3.05) is 9.93 Å². The smallest absolute Gasteiger partial charge is 0.246 e. The van der Waals surface area contributed by atoms with E-state index in [4.69, 9.17) is 11.6 Å². The molecular formula is C7H6BrClFNO2S. The molecule has 7 heteroatoms. The van der Waals surface area contributed by atoms with Crippen LogP contribution in [0.15, 0.2) is 22.7 Å². The highest BCUT2D eigenvalue weighted by molar-refractivity contribution is 9.10. The summed E-state index contributed by atoms with van der Waals surface area (Å²) in [5.74, 6) is -0.536. The van der Waals surface area contributed by atoms with Crippen molar-refractivity contribution in [2.24, 2.45) is 0 Å². The average molecular weight is 303 g/mol. The molecule has 1 rings (SSSR count). The normalized spacial score (nSPS) is 11.4. The van der Waals surface area contributed by atoms with Crippen LogP contribution >= 0.6 is 27.5 Å². The van der Waals surface area contributed by atoms with Gasteiger partial charge in [-0.15, -0.1) is 11.6 Å². The number of benzene rings is 1. The van der Waals surface area contributed by atoms with Crippen LogP contribution in [0.1, 0.15) is 0 Å². The van der Waals surface area contributed by atoms with Crippen LogP contribution in [0, 0.1) is 5.82 Å². The Bertz CT molecular complexity index is 417. The fourth-order valence-corrected chi connectivity index (χ4v) is 1.98. The van der Waals surface area contributed by atoms with E-state index in [0.29, 0.717) is 4.47 Å². The first-order chi connectivity index (χ1) is 6.43. The molecule has 0 aliphatic rings. The van der Waals surface area contributed by atoms with Gasteiger partial charge in [0.2, 0.25) is 10.0 Å². The zero-order valence-electron chi connectivity index (χ0n) is 6.80. The molecule has 0 amide bonds. The van der Waals surface area contributed by atoms with Gasteiger partial charge >= 0.3 is 0 Å². The van der Waals surface area contributed by atoms with Crippen molar-refractivity contribution in [2.45, 2.75) is 0 Å². The predicted octanol–water partition coefficient (Wildman–Crippen LogP) is 2.53. The van der Waals surface area contributed by atoms with Gasteiger partial charge < -0.3 is 0 Å². The molecule has 0 heterocycles. The van der Waals surface area contributed by atoms with Crippen LogP contribution < -0.4 is 4.72 Å². The van der Waals surface area contributed by atoms with Gasteiger partial charge in [0.1, 0.15) is 11.0 Å². The molecule has 0 aliphatic heterocycles. The molecule has 0 fully saturated rings. The SMILES string of the molecule is O=S(=O)(CCl)Nc1cc(F)cc(Br)c1. The third kappa shape index (κ3) is 3.43. The largest absolute Gasteiger partial charge is 0.282 e. The summed E-state index contributed by atoms with van der Waals surface area (Å²) in [6.07, 6.45) is 0. The van der Waals surface area contributed by atoms with Gasteiger partial charge in [-0.2, -0.15) is 0 Å². The Labute approximate surface area is 94.4 Å². The van der Waals surface area contributed by atoms with E-state index >= 15 is 0 Å². The Morgan fingerprint density at radius 3 is 2.57 bits per heavy atom. The Morgan fingerprint density at radius 1 is 1.43 bits per heavy atom. The van der Waals surface area contributed by atoms with Gasteiger partial charge in [-0.3, -0.25) is 4.72 Å². The molecule has 0 spiro atoms. The number of hydrogen-bond donors (Lipinski definition) is 1. The number of halogens is 3. The van der Waals surface area contributed by atoms with E-state index in [0.717, 1.165) is 6.07 Å². The maximum atomic E-state index is 12.8. The second kappa shape index (κ2) is 4.46. The fourth-order valence-electron chi connectivity index (χ4n) is 0.820. The van der Waals surface area contributed by atoms with E-state index in [2.05, 4.69) is 20.7 Å². The predicted molar refractivity (Wildman–Crippen MR) is 57.4 cm³/mol. The monoisotopic (exact) mass is 301 g/mol. The van der Waals surface area contributed by atoms with Gasteiger partial charge in [0.15, 0.2) is 0 Å². The molecule has 0 saturated carbocycles. The molecule has 1 aromatic rings. The third-order valence-corrected chi connectivity index (χ3v) is 3.43. The summed E-state index contributed by atoms with van der Waals surface area (Å²) >= 11 is 8.20. The fraction of sp³-hybridized carbons (Fsp3) is 0.143. The number of nitrogens with one attached hydrogen (secondary N) is 1. The molecule has 0 atom stereocenters. The summed E-state index contributed by atoms with van der Waals surface area (Å²) in [7, 11) is -3.58. The number of sulfonamides is 1. The van der Waals surface area contributed by atoms with Gasteiger partial charge in [0.25, 0.3) is 0 Å². The first-order valence-corrected chi connectivity index (χ1v) is 6.43. The minimum atomic E-state index is -3.58. The quantitative estimate of drug-likeness (QED) is 0.872. The van der Waals surface area contributed by atoms with Crippen molar-refractivity contribution in [3.05, 3.63) is 28.5 Å². The number of rotatable bonds is 3. The highest BCUT2D eigenvalue weighted by atomic mass is 79.9. The molecular weight excluding hydrogens is 297 g/mol. The maximum Gasteiger partial charge on any atom is 0.246 e.